The van der Waals surface area contributed by atoms with Crippen LogP contribution in [0.5, 0.6) is 0 Å². The van der Waals surface area contributed by atoms with Crippen molar-refractivity contribution in [3.63, 3.8) is 0 Å². The highest BCUT2D eigenvalue weighted by molar-refractivity contribution is 5.79. The first-order chi connectivity index (χ1) is 6.84. The normalized spacial score (nSPS) is 13.8. The van der Waals surface area contributed by atoms with Gasteiger partial charge in [0.05, 0.1) is 0 Å². The van der Waals surface area contributed by atoms with Crippen molar-refractivity contribution in [3.8, 4) is 0 Å². The van der Waals surface area contributed by atoms with Gasteiger partial charge in [0.15, 0.2) is 0 Å². The molecule has 0 aromatic rings. The lowest BCUT2D eigenvalue weighted by Crippen LogP contribution is -2.26. The maximum Gasteiger partial charge on any atom is 0.226 e. The summed E-state index contributed by atoms with van der Waals surface area (Å²) in [6.45, 7) is 7.22. The molecule has 0 spiro atoms. The average molecular weight is 212 g/mol. The quantitative estimate of drug-likeness (QED) is 0.718. The molecule has 1 unspecified atom stereocenters. The lowest BCUT2D eigenvalue weighted by Gasteiger charge is -2.08. The third-order valence-electron chi connectivity index (χ3n) is 2.11. The van der Waals surface area contributed by atoms with Crippen LogP contribution >= 0.6 is 0 Å². The lowest BCUT2D eigenvalue weighted by molar-refractivity contribution is -0.123. The molecule has 0 heterocycles. The van der Waals surface area contributed by atoms with Crippen molar-refractivity contribution in [1.29, 1.82) is 0 Å². The Balaban J connectivity index is 4.10. The summed E-state index contributed by atoms with van der Waals surface area (Å²) in [6.07, 6.45) is 2.37. The maximum atomic E-state index is 11.3. The third-order valence-corrected chi connectivity index (χ3v) is 2.11. The predicted molar refractivity (Wildman–Crippen MR) is 59.7 cm³/mol. The van der Waals surface area contributed by atoms with Gasteiger partial charge in [-0.2, -0.15) is 0 Å². The molecule has 0 rings (SSSR count). The summed E-state index contributed by atoms with van der Waals surface area (Å²) >= 11 is 0. The largest absolute Gasteiger partial charge is 0.369 e. The summed E-state index contributed by atoms with van der Waals surface area (Å²) in [5.74, 6) is -0.581. The van der Waals surface area contributed by atoms with Crippen molar-refractivity contribution >= 4 is 11.8 Å². The van der Waals surface area contributed by atoms with Crippen LogP contribution in [0.3, 0.4) is 0 Å². The Morgan fingerprint density at radius 2 is 1.87 bits per heavy atom. The van der Waals surface area contributed by atoms with Crippen molar-refractivity contribution in [2.45, 2.75) is 34.1 Å². The van der Waals surface area contributed by atoms with Crippen molar-refractivity contribution in [2.24, 2.45) is 17.6 Å². The summed E-state index contributed by atoms with van der Waals surface area (Å²) in [5, 5.41) is 2.74. The molecule has 0 aliphatic heterocycles. The van der Waals surface area contributed by atoms with Gasteiger partial charge in [-0.1, -0.05) is 26.8 Å². The molecule has 4 heteroatoms. The lowest BCUT2D eigenvalue weighted by atomic mass is 10.1. The fraction of sp³-hybridized carbons (Fsp3) is 0.636. The van der Waals surface area contributed by atoms with Gasteiger partial charge < -0.3 is 11.1 Å². The number of primary amides is 1. The molecule has 86 valence electrons. The Morgan fingerprint density at radius 1 is 1.33 bits per heavy atom. The van der Waals surface area contributed by atoms with Gasteiger partial charge in [0, 0.05) is 17.5 Å². The Labute approximate surface area is 90.9 Å². The second kappa shape index (κ2) is 6.22. The summed E-state index contributed by atoms with van der Waals surface area (Å²) in [6, 6.07) is 0. The van der Waals surface area contributed by atoms with Crippen LogP contribution in [0.15, 0.2) is 11.8 Å². The van der Waals surface area contributed by atoms with E-state index in [0.717, 1.165) is 5.70 Å². The predicted octanol–water partition coefficient (Wildman–Crippen LogP) is 1.17. The first-order valence-corrected chi connectivity index (χ1v) is 5.11. The summed E-state index contributed by atoms with van der Waals surface area (Å²) in [7, 11) is 0. The third kappa shape index (κ3) is 5.88. The van der Waals surface area contributed by atoms with E-state index in [2.05, 4.69) is 5.32 Å². The molecule has 0 fully saturated rings. The summed E-state index contributed by atoms with van der Waals surface area (Å²) < 4.78 is 0. The summed E-state index contributed by atoms with van der Waals surface area (Å²) in [5.41, 5.74) is 5.88. The van der Waals surface area contributed by atoms with Crippen LogP contribution in [0, 0.1) is 11.8 Å². The Morgan fingerprint density at radius 3 is 2.27 bits per heavy atom. The first kappa shape index (κ1) is 13.7. The maximum absolute atomic E-state index is 11.3. The van der Waals surface area contributed by atoms with Crippen molar-refractivity contribution < 1.29 is 9.59 Å². The van der Waals surface area contributed by atoms with Crippen LogP contribution in [-0.2, 0) is 9.59 Å². The van der Waals surface area contributed by atoms with Crippen molar-refractivity contribution in [2.75, 3.05) is 0 Å². The second-order valence-corrected chi connectivity index (χ2v) is 4.07. The number of allylic oxidation sites excluding steroid dienone is 2. The van der Waals surface area contributed by atoms with E-state index in [1.54, 1.807) is 13.8 Å². The van der Waals surface area contributed by atoms with E-state index in [4.69, 9.17) is 5.73 Å². The molecule has 2 amide bonds. The summed E-state index contributed by atoms with van der Waals surface area (Å²) in [4.78, 5) is 22.0. The van der Waals surface area contributed by atoms with E-state index in [1.807, 2.05) is 19.9 Å². The van der Waals surface area contributed by atoms with Crippen molar-refractivity contribution in [1.82, 2.24) is 5.32 Å². The minimum atomic E-state index is -0.325. The van der Waals surface area contributed by atoms with E-state index in [-0.39, 0.29) is 23.7 Å². The van der Waals surface area contributed by atoms with Crippen LogP contribution in [0.2, 0.25) is 0 Å². The van der Waals surface area contributed by atoms with E-state index < -0.39 is 0 Å². The molecule has 15 heavy (non-hydrogen) atoms. The first-order valence-electron chi connectivity index (χ1n) is 5.11. The van der Waals surface area contributed by atoms with Gasteiger partial charge >= 0.3 is 0 Å². The number of carbonyl (C=O) groups is 2. The minimum absolute atomic E-state index is 0.0181. The molecule has 0 bridgehead atoms. The molecule has 0 aromatic heterocycles. The van der Waals surface area contributed by atoms with E-state index in [0.29, 0.717) is 6.42 Å². The van der Waals surface area contributed by atoms with E-state index in [9.17, 15) is 9.59 Å². The van der Waals surface area contributed by atoms with Gasteiger partial charge in [0.25, 0.3) is 0 Å². The number of hydrogen-bond acceptors (Lipinski definition) is 2. The van der Waals surface area contributed by atoms with Gasteiger partial charge in [-0.3, -0.25) is 9.59 Å². The van der Waals surface area contributed by atoms with E-state index in [1.165, 1.54) is 0 Å². The highest BCUT2D eigenvalue weighted by Crippen LogP contribution is 2.04. The fourth-order valence-electron chi connectivity index (χ4n) is 0.859. The second-order valence-electron chi connectivity index (χ2n) is 4.07. The van der Waals surface area contributed by atoms with Gasteiger partial charge in [-0.05, 0) is 13.3 Å². The molecular weight excluding hydrogens is 192 g/mol. The molecule has 0 saturated heterocycles. The van der Waals surface area contributed by atoms with Crippen LogP contribution in [-0.4, -0.2) is 11.8 Å². The van der Waals surface area contributed by atoms with Crippen LogP contribution in [0.25, 0.3) is 0 Å². The van der Waals surface area contributed by atoms with Crippen LogP contribution < -0.4 is 11.1 Å². The SMILES string of the molecule is C/C(=C\CC(C)C(N)=O)NC(=O)C(C)C. The molecule has 3 N–H and O–H groups in total. The monoisotopic (exact) mass is 212 g/mol. The highest BCUT2D eigenvalue weighted by atomic mass is 16.2. The zero-order valence-electron chi connectivity index (χ0n) is 9.83. The molecule has 0 saturated carbocycles. The number of nitrogens with two attached hydrogens (primary N) is 1. The number of carbonyl (C=O) groups excluding carboxylic acids is 2. The molecule has 0 radical (unpaired) electrons. The number of nitrogens with one attached hydrogen (secondary N) is 1. The Hall–Kier alpha value is -1.32. The number of rotatable bonds is 5. The average Bonchev–Trinajstić information content (AvgIpc) is 2.13. The van der Waals surface area contributed by atoms with Gasteiger partial charge in [0.2, 0.25) is 11.8 Å². The standard InChI is InChI=1S/C11H20N2O2/c1-7(2)11(15)13-9(4)6-5-8(3)10(12)14/h6-8H,5H2,1-4H3,(H2,12,14)(H,13,15)/b9-6+. The molecule has 0 aromatic carbocycles. The van der Waals surface area contributed by atoms with Gasteiger partial charge in [-0.25, -0.2) is 0 Å². The molecule has 0 aliphatic carbocycles. The molecule has 0 aliphatic rings. The topological polar surface area (TPSA) is 72.2 Å². The number of amides is 2. The van der Waals surface area contributed by atoms with Gasteiger partial charge in [-0.15, -0.1) is 0 Å². The minimum Gasteiger partial charge on any atom is -0.369 e. The highest BCUT2D eigenvalue weighted by Gasteiger charge is 2.08. The molecule has 1 atom stereocenters. The zero-order valence-corrected chi connectivity index (χ0v) is 9.83. The van der Waals surface area contributed by atoms with Gasteiger partial charge in [0.1, 0.15) is 0 Å². The zero-order chi connectivity index (χ0) is 12.0. The smallest absolute Gasteiger partial charge is 0.226 e. The molecular formula is C11H20N2O2. The fourth-order valence-corrected chi connectivity index (χ4v) is 0.859. The molecule has 4 nitrogen and oxygen atoms in total. The number of hydrogen-bond donors (Lipinski definition) is 2. The van der Waals surface area contributed by atoms with Crippen LogP contribution in [0.4, 0.5) is 0 Å². The Bertz CT molecular complexity index is 270. The van der Waals surface area contributed by atoms with E-state index >= 15 is 0 Å². The van der Waals surface area contributed by atoms with Crippen LogP contribution in [0.1, 0.15) is 34.1 Å². The Kier molecular flexibility index (Phi) is 5.67. The van der Waals surface area contributed by atoms with Crippen molar-refractivity contribution in [3.05, 3.63) is 11.8 Å².